The maximum atomic E-state index is 4.72. The van der Waals surface area contributed by atoms with Gasteiger partial charge in [-0.15, -0.1) is 0 Å². The van der Waals surface area contributed by atoms with E-state index in [1.54, 1.807) is 0 Å². The van der Waals surface area contributed by atoms with Crippen LogP contribution in [0.3, 0.4) is 0 Å². The van der Waals surface area contributed by atoms with Crippen molar-refractivity contribution >= 4 is 16.9 Å². The Hall–Kier alpha value is -0.970. The molecule has 1 N–H and O–H groups in total. The first-order valence-corrected chi connectivity index (χ1v) is 7.74. The molecule has 1 aromatic heterocycles. The molecule has 2 heterocycles. The Morgan fingerprint density at radius 3 is 2.94 bits per heavy atom. The number of aliphatic imine (C=N–C) groups is 1. The Morgan fingerprint density at radius 2 is 2.28 bits per heavy atom. The van der Waals surface area contributed by atoms with Gasteiger partial charge in [0.15, 0.2) is 5.17 Å². The molecule has 0 bridgehead atoms. The predicted molar refractivity (Wildman–Crippen MR) is 75.9 cm³/mol. The van der Waals surface area contributed by atoms with Gasteiger partial charge in [0.05, 0.1) is 6.54 Å². The zero-order chi connectivity index (χ0) is 12.3. The Balaban J connectivity index is 1.45. The van der Waals surface area contributed by atoms with Crippen LogP contribution in [0.1, 0.15) is 25.7 Å². The van der Waals surface area contributed by atoms with Gasteiger partial charge in [-0.3, -0.25) is 9.67 Å². The highest BCUT2D eigenvalue weighted by atomic mass is 32.2. The number of nitrogens with one attached hydrogen (secondary N) is 1. The fourth-order valence-electron chi connectivity index (χ4n) is 2.80. The summed E-state index contributed by atoms with van der Waals surface area (Å²) in [6, 6.07) is 1.96. The van der Waals surface area contributed by atoms with Crippen molar-refractivity contribution in [2.75, 3.05) is 18.8 Å². The highest BCUT2D eigenvalue weighted by Gasteiger charge is 2.36. The zero-order valence-electron chi connectivity index (χ0n) is 10.6. The minimum absolute atomic E-state index is 0.540. The average Bonchev–Trinajstić information content (AvgIpc) is 3.04. The minimum atomic E-state index is 0.540. The molecule has 0 radical (unpaired) electrons. The van der Waals surface area contributed by atoms with E-state index < -0.39 is 0 Å². The number of rotatable bonds is 3. The van der Waals surface area contributed by atoms with Crippen molar-refractivity contribution in [3.8, 4) is 0 Å². The fourth-order valence-corrected chi connectivity index (χ4v) is 3.98. The van der Waals surface area contributed by atoms with Gasteiger partial charge in [0, 0.05) is 31.2 Å². The monoisotopic (exact) mass is 264 g/mol. The molecule has 2 aliphatic rings. The minimum Gasteiger partial charge on any atom is -0.363 e. The average molecular weight is 264 g/mol. The van der Waals surface area contributed by atoms with Gasteiger partial charge in [-0.2, -0.15) is 5.10 Å². The molecule has 0 amide bonds. The van der Waals surface area contributed by atoms with Crippen LogP contribution >= 0.6 is 11.8 Å². The third-order valence-electron chi connectivity index (χ3n) is 3.91. The Bertz CT molecular complexity index is 407. The lowest BCUT2D eigenvalue weighted by Crippen LogP contribution is -2.34. The van der Waals surface area contributed by atoms with Crippen LogP contribution in [0.15, 0.2) is 23.5 Å². The standard InChI is InChI=1S/C13H20N4S/c1-2-5-13(4-1)10-15-12(18-11-13)14-7-9-17-8-3-6-16-17/h3,6,8H,1-2,4-5,7,9-11H2,(H,14,15). The van der Waals surface area contributed by atoms with Crippen LogP contribution in [0.5, 0.6) is 0 Å². The lowest BCUT2D eigenvalue weighted by atomic mass is 9.89. The molecule has 5 heteroatoms. The summed E-state index contributed by atoms with van der Waals surface area (Å²) < 4.78 is 1.94. The van der Waals surface area contributed by atoms with Gasteiger partial charge in [-0.05, 0) is 24.3 Å². The predicted octanol–water partition coefficient (Wildman–Crippen LogP) is 2.14. The molecule has 1 aliphatic heterocycles. The molecule has 1 aromatic rings. The van der Waals surface area contributed by atoms with Crippen LogP contribution in [-0.4, -0.2) is 33.8 Å². The van der Waals surface area contributed by atoms with Crippen molar-refractivity contribution in [3.05, 3.63) is 18.5 Å². The quantitative estimate of drug-likeness (QED) is 0.909. The van der Waals surface area contributed by atoms with Gasteiger partial charge in [0.1, 0.15) is 0 Å². The van der Waals surface area contributed by atoms with Gasteiger partial charge >= 0.3 is 0 Å². The summed E-state index contributed by atoms with van der Waals surface area (Å²) in [6.45, 7) is 2.84. The summed E-state index contributed by atoms with van der Waals surface area (Å²) in [6.07, 6.45) is 9.37. The fraction of sp³-hybridized carbons (Fsp3) is 0.692. The maximum absolute atomic E-state index is 4.72. The van der Waals surface area contributed by atoms with E-state index >= 15 is 0 Å². The first-order valence-electron chi connectivity index (χ1n) is 6.75. The third kappa shape index (κ3) is 2.71. The largest absolute Gasteiger partial charge is 0.363 e. The van der Waals surface area contributed by atoms with Crippen LogP contribution in [0.2, 0.25) is 0 Å². The Labute approximate surface area is 112 Å². The summed E-state index contributed by atoms with van der Waals surface area (Å²) in [5.41, 5.74) is 0.540. The lowest BCUT2D eigenvalue weighted by Gasteiger charge is -2.31. The third-order valence-corrected chi connectivity index (χ3v) is 5.22. The van der Waals surface area contributed by atoms with Crippen molar-refractivity contribution in [3.63, 3.8) is 0 Å². The van der Waals surface area contributed by atoms with Gasteiger partial charge in [0.25, 0.3) is 0 Å². The maximum Gasteiger partial charge on any atom is 0.156 e. The normalized spacial score (nSPS) is 22.1. The second kappa shape index (κ2) is 5.34. The van der Waals surface area contributed by atoms with Gasteiger partial charge < -0.3 is 5.32 Å². The van der Waals surface area contributed by atoms with Crippen molar-refractivity contribution < 1.29 is 0 Å². The molecule has 1 fully saturated rings. The molecular formula is C13H20N4S. The van der Waals surface area contributed by atoms with E-state index in [0.29, 0.717) is 5.41 Å². The van der Waals surface area contributed by atoms with E-state index in [9.17, 15) is 0 Å². The van der Waals surface area contributed by atoms with Crippen LogP contribution in [-0.2, 0) is 6.54 Å². The van der Waals surface area contributed by atoms with Gasteiger partial charge in [-0.25, -0.2) is 0 Å². The molecule has 0 saturated heterocycles. The molecular weight excluding hydrogens is 244 g/mol. The molecule has 3 rings (SSSR count). The number of amidine groups is 1. The molecule has 0 atom stereocenters. The molecule has 1 spiro atoms. The molecule has 1 saturated carbocycles. The molecule has 0 unspecified atom stereocenters. The van der Waals surface area contributed by atoms with E-state index in [1.165, 1.54) is 31.4 Å². The molecule has 18 heavy (non-hydrogen) atoms. The van der Waals surface area contributed by atoms with E-state index in [4.69, 9.17) is 4.99 Å². The highest BCUT2D eigenvalue weighted by molar-refractivity contribution is 8.13. The molecule has 4 nitrogen and oxygen atoms in total. The molecule has 98 valence electrons. The van der Waals surface area contributed by atoms with E-state index in [-0.39, 0.29) is 0 Å². The van der Waals surface area contributed by atoms with E-state index in [0.717, 1.165) is 24.8 Å². The van der Waals surface area contributed by atoms with Gasteiger partial charge in [0.2, 0.25) is 0 Å². The number of aromatic nitrogens is 2. The SMILES string of the molecule is c1cnn(CCNC2=NCC3(CCCC3)CS2)c1. The van der Waals surface area contributed by atoms with Crippen LogP contribution in [0.4, 0.5) is 0 Å². The Kier molecular flexibility index (Phi) is 3.59. The van der Waals surface area contributed by atoms with Crippen LogP contribution < -0.4 is 5.32 Å². The van der Waals surface area contributed by atoms with Crippen LogP contribution in [0.25, 0.3) is 0 Å². The number of hydrogen-bond donors (Lipinski definition) is 1. The zero-order valence-corrected chi connectivity index (χ0v) is 11.5. The topological polar surface area (TPSA) is 42.2 Å². The van der Waals surface area contributed by atoms with Crippen molar-refractivity contribution in [2.45, 2.75) is 32.2 Å². The summed E-state index contributed by atoms with van der Waals surface area (Å²) in [7, 11) is 0. The van der Waals surface area contributed by atoms with Gasteiger partial charge in [-0.1, -0.05) is 24.6 Å². The summed E-state index contributed by atoms with van der Waals surface area (Å²) in [5, 5.41) is 8.73. The van der Waals surface area contributed by atoms with E-state index in [1.807, 2.05) is 34.9 Å². The first-order chi connectivity index (χ1) is 8.86. The lowest BCUT2D eigenvalue weighted by molar-refractivity contribution is 0.358. The second-order valence-electron chi connectivity index (χ2n) is 5.31. The van der Waals surface area contributed by atoms with Crippen molar-refractivity contribution in [1.29, 1.82) is 0 Å². The van der Waals surface area contributed by atoms with Crippen molar-refractivity contribution in [1.82, 2.24) is 15.1 Å². The highest BCUT2D eigenvalue weighted by Crippen LogP contribution is 2.43. The number of nitrogens with zero attached hydrogens (tertiary/aromatic N) is 3. The summed E-state index contributed by atoms with van der Waals surface area (Å²) >= 11 is 1.91. The van der Waals surface area contributed by atoms with Crippen LogP contribution in [0, 0.1) is 5.41 Å². The Morgan fingerprint density at radius 1 is 1.39 bits per heavy atom. The smallest absolute Gasteiger partial charge is 0.156 e. The summed E-state index contributed by atoms with van der Waals surface area (Å²) in [4.78, 5) is 4.72. The van der Waals surface area contributed by atoms with Crippen molar-refractivity contribution in [2.24, 2.45) is 10.4 Å². The first kappa shape index (κ1) is 12.1. The van der Waals surface area contributed by atoms with E-state index in [2.05, 4.69) is 10.4 Å². The number of hydrogen-bond acceptors (Lipinski definition) is 4. The molecule has 1 aliphatic carbocycles. The molecule has 0 aromatic carbocycles. The summed E-state index contributed by atoms with van der Waals surface area (Å²) in [5.74, 6) is 1.25. The second-order valence-corrected chi connectivity index (χ2v) is 6.28. The number of thioether (sulfide) groups is 1.